The fraction of sp³-hybridized carbons (Fsp3) is 0.455. The summed E-state index contributed by atoms with van der Waals surface area (Å²) in [5, 5.41) is 0. The van der Waals surface area contributed by atoms with Crippen molar-refractivity contribution in [2.75, 3.05) is 0 Å². The molecule has 0 radical (unpaired) electrons. The van der Waals surface area contributed by atoms with Crippen LogP contribution in [0.1, 0.15) is 102 Å². The molecule has 2 heteroatoms. The second kappa shape index (κ2) is 10.1. The number of fused-ring (bicyclic) bond motifs is 3. The molecule has 0 aromatic heterocycles. The minimum Gasteiger partial charge on any atom is -0.295 e. The van der Waals surface area contributed by atoms with E-state index in [1.54, 1.807) is 0 Å². The zero-order valence-electron chi connectivity index (χ0n) is 22.6. The van der Waals surface area contributed by atoms with Crippen LogP contribution in [0.4, 0.5) is 0 Å². The standard InChI is InChI=1S/C33H42O2/c1-9-25(34)13-11-19-33(20-12-14-26(35)10-2)29-21-23(31(3,4)5)15-17-27(29)28-18-16-24(22-30(28)33)32(6,7)8/h9-10,15-18,21-22H,1-2,11-14,19-20H2,3-8H3. The lowest BCUT2D eigenvalue weighted by atomic mass is 9.69. The van der Waals surface area contributed by atoms with Gasteiger partial charge in [-0.15, -0.1) is 0 Å². The Hall–Kier alpha value is -2.74. The van der Waals surface area contributed by atoms with Crippen molar-refractivity contribution in [2.45, 2.75) is 96.3 Å². The largest absolute Gasteiger partial charge is 0.295 e. The van der Waals surface area contributed by atoms with E-state index in [9.17, 15) is 9.59 Å². The molecule has 0 heterocycles. The number of hydrogen-bond acceptors (Lipinski definition) is 2. The van der Waals surface area contributed by atoms with Crippen molar-refractivity contribution in [2.24, 2.45) is 0 Å². The number of benzene rings is 2. The Balaban J connectivity index is 2.22. The lowest BCUT2D eigenvalue weighted by Gasteiger charge is -2.34. The maximum absolute atomic E-state index is 12.1. The van der Waals surface area contributed by atoms with Crippen LogP contribution in [0.3, 0.4) is 0 Å². The Bertz CT molecular complexity index is 1040. The van der Waals surface area contributed by atoms with Gasteiger partial charge in [0.15, 0.2) is 11.6 Å². The van der Waals surface area contributed by atoms with Gasteiger partial charge in [0.05, 0.1) is 0 Å². The summed E-state index contributed by atoms with van der Waals surface area (Å²) in [6, 6.07) is 13.9. The Labute approximate surface area is 212 Å². The lowest BCUT2D eigenvalue weighted by Crippen LogP contribution is -2.27. The first kappa shape index (κ1) is 26.9. The fourth-order valence-corrected chi connectivity index (χ4v) is 5.42. The topological polar surface area (TPSA) is 34.1 Å². The van der Waals surface area contributed by atoms with Crippen molar-refractivity contribution >= 4 is 11.6 Å². The molecule has 0 spiro atoms. The molecule has 1 aliphatic rings. The van der Waals surface area contributed by atoms with E-state index in [0.717, 1.165) is 25.7 Å². The Kier molecular flexibility index (Phi) is 7.74. The highest BCUT2D eigenvalue weighted by atomic mass is 16.1. The number of carbonyl (C=O) groups is 2. The van der Waals surface area contributed by atoms with Gasteiger partial charge < -0.3 is 0 Å². The Morgan fingerprint density at radius 1 is 0.714 bits per heavy atom. The summed E-state index contributed by atoms with van der Waals surface area (Å²) in [5.74, 6) is 0.180. The third kappa shape index (κ3) is 5.58. The maximum Gasteiger partial charge on any atom is 0.155 e. The van der Waals surface area contributed by atoms with Gasteiger partial charge in [-0.1, -0.05) is 91.1 Å². The predicted molar refractivity (Wildman–Crippen MR) is 148 cm³/mol. The van der Waals surface area contributed by atoms with Crippen molar-refractivity contribution in [3.05, 3.63) is 84.0 Å². The van der Waals surface area contributed by atoms with E-state index >= 15 is 0 Å². The molecular weight excluding hydrogens is 428 g/mol. The van der Waals surface area contributed by atoms with Crippen molar-refractivity contribution in [3.8, 4) is 11.1 Å². The minimum absolute atomic E-state index is 0.0315. The van der Waals surface area contributed by atoms with Crippen LogP contribution < -0.4 is 0 Å². The summed E-state index contributed by atoms with van der Waals surface area (Å²) in [7, 11) is 0. The average molecular weight is 471 g/mol. The van der Waals surface area contributed by atoms with E-state index in [4.69, 9.17) is 0 Å². The van der Waals surface area contributed by atoms with Gasteiger partial charge in [0.2, 0.25) is 0 Å². The van der Waals surface area contributed by atoms with E-state index in [2.05, 4.69) is 91.1 Å². The van der Waals surface area contributed by atoms with Crippen LogP contribution in [0.5, 0.6) is 0 Å². The Morgan fingerprint density at radius 2 is 1.09 bits per heavy atom. The fourth-order valence-electron chi connectivity index (χ4n) is 5.42. The molecule has 3 rings (SSSR count). The summed E-state index contributed by atoms with van der Waals surface area (Å²) in [6.45, 7) is 20.8. The number of ketones is 2. The first-order valence-electron chi connectivity index (χ1n) is 12.9. The average Bonchev–Trinajstić information content (AvgIpc) is 3.06. The molecule has 35 heavy (non-hydrogen) atoms. The second-order valence-electron chi connectivity index (χ2n) is 12.2. The lowest BCUT2D eigenvalue weighted by molar-refractivity contribution is -0.115. The van der Waals surface area contributed by atoms with E-state index in [1.165, 1.54) is 45.5 Å². The smallest absolute Gasteiger partial charge is 0.155 e. The van der Waals surface area contributed by atoms with Gasteiger partial charge in [0.1, 0.15) is 0 Å². The molecular formula is C33H42O2. The highest BCUT2D eigenvalue weighted by Gasteiger charge is 2.43. The molecule has 0 amide bonds. The van der Waals surface area contributed by atoms with Gasteiger partial charge in [-0.05, 0) is 82.0 Å². The molecule has 0 fully saturated rings. The van der Waals surface area contributed by atoms with Crippen molar-refractivity contribution < 1.29 is 9.59 Å². The Morgan fingerprint density at radius 3 is 1.40 bits per heavy atom. The number of allylic oxidation sites excluding steroid dienone is 2. The molecule has 0 saturated carbocycles. The van der Waals surface area contributed by atoms with Crippen molar-refractivity contribution in [3.63, 3.8) is 0 Å². The number of hydrogen-bond donors (Lipinski definition) is 0. The van der Waals surface area contributed by atoms with E-state index in [-0.39, 0.29) is 27.8 Å². The molecule has 0 aliphatic heterocycles. The van der Waals surface area contributed by atoms with Gasteiger partial charge >= 0.3 is 0 Å². The van der Waals surface area contributed by atoms with Crippen LogP contribution in [0, 0.1) is 0 Å². The van der Waals surface area contributed by atoms with Crippen molar-refractivity contribution in [1.29, 1.82) is 0 Å². The van der Waals surface area contributed by atoms with Crippen LogP contribution >= 0.6 is 0 Å². The molecule has 0 N–H and O–H groups in total. The molecule has 0 bridgehead atoms. The minimum atomic E-state index is -0.226. The molecule has 2 aromatic carbocycles. The van der Waals surface area contributed by atoms with Crippen LogP contribution in [0.2, 0.25) is 0 Å². The molecule has 1 aliphatic carbocycles. The first-order chi connectivity index (χ1) is 16.3. The number of rotatable bonds is 10. The van der Waals surface area contributed by atoms with Crippen LogP contribution in [-0.2, 0) is 25.8 Å². The van der Waals surface area contributed by atoms with Gasteiger partial charge in [0.25, 0.3) is 0 Å². The first-order valence-corrected chi connectivity index (χ1v) is 12.9. The SMILES string of the molecule is C=CC(=O)CCCC1(CCCC(=O)C=C)c2cc(C(C)(C)C)ccc2-c2ccc(C(C)(C)C)cc21. The summed E-state index contributed by atoms with van der Waals surface area (Å²) in [6.07, 6.45) is 7.19. The summed E-state index contributed by atoms with van der Waals surface area (Å²) in [4.78, 5) is 24.2. The zero-order chi connectivity index (χ0) is 26.0. The molecule has 2 nitrogen and oxygen atoms in total. The van der Waals surface area contributed by atoms with Gasteiger partial charge in [-0.25, -0.2) is 0 Å². The van der Waals surface area contributed by atoms with Crippen LogP contribution in [0.25, 0.3) is 11.1 Å². The highest BCUT2D eigenvalue weighted by molar-refractivity contribution is 5.89. The van der Waals surface area contributed by atoms with Gasteiger partial charge in [0, 0.05) is 18.3 Å². The maximum atomic E-state index is 12.1. The molecule has 0 unspecified atom stereocenters. The monoisotopic (exact) mass is 470 g/mol. The summed E-state index contributed by atoms with van der Waals surface area (Å²) < 4.78 is 0. The third-order valence-electron chi connectivity index (χ3n) is 7.60. The highest BCUT2D eigenvalue weighted by Crippen LogP contribution is 2.55. The normalized spacial score (nSPS) is 14.2. The van der Waals surface area contributed by atoms with E-state index < -0.39 is 0 Å². The van der Waals surface area contributed by atoms with Gasteiger partial charge in [-0.3, -0.25) is 9.59 Å². The van der Waals surface area contributed by atoms with Crippen molar-refractivity contribution in [1.82, 2.24) is 0 Å². The van der Waals surface area contributed by atoms with Crippen LogP contribution in [-0.4, -0.2) is 11.6 Å². The summed E-state index contributed by atoms with van der Waals surface area (Å²) >= 11 is 0. The van der Waals surface area contributed by atoms with Gasteiger partial charge in [-0.2, -0.15) is 0 Å². The number of carbonyl (C=O) groups excluding carboxylic acids is 2. The summed E-state index contributed by atoms with van der Waals surface area (Å²) in [5.41, 5.74) is 7.75. The van der Waals surface area contributed by atoms with Crippen LogP contribution in [0.15, 0.2) is 61.7 Å². The third-order valence-corrected chi connectivity index (χ3v) is 7.60. The molecule has 2 aromatic rings. The molecule has 0 saturated heterocycles. The van der Waals surface area contributed by atoms with E-state index in [1.807, 2.05) is 0 Å². The van der Waals surface area contributed by atoms with E-state index in [0.29, 0.717) is 12.8 Å². The quantitative estimate of drug-likeness (QED) is 0.327. The molecule has 186 valence electrons. The molecule has 0 atom stereocenters. The predicted octanol–water partition coefficient (Wildman–Crippen LogP) is 8.40. The second-order valence-corrected chi connectivity index (χ2v) is 12.2. The zero-order valence-corrected chi connectivity index (χ0v) is 22.6.